The molecule has 0 spiro atoms. The molecule has 0 saturated heterocycles. The number of benzene rings is 1. The van der Waals surface area contributed by atoms with Gasteiger partial charge in [-0.15, -0.1) is 6.58 Å². The summed E-state index contributed by atoms with van der Waals surface area (Å²) >= 11 is 0. The Morgan fingerprint density at radius 1 is 1.39 bits per heavy atom. The van der Waals surface area contributed by atoms with Gasteiger partial charge in [-0.25, -0.2) is 0 Å². The van der Waals surface area contributed by atoms with Crippen LogP contribution in [0.25, 0.3) is 10.9 Å². The van der Waals surface area contributed by atoms with Gasteiger partial charge >= 0.3 is 0 Å². The molecule has 2 N–H and O–H groups in total. The smallest absolute Gasteiger partial charge is 0.0456 e. The Hall–Kier alpha value is -1.80. The van der Waals surface area contributed by atoms with Crippen molar-refractivity contribution in [3.63, 3.8) is 0 Å². The molecule has 1 fully saturated rings. The molecule has 1 aromatic heterocycles. The van der Waals surface area contributed by atoms with Crippen molar-refractivity contribution in [1.82, 2.24) is 10.3 Å². The molecule has 0 aliphatic heterocycles. The Balaban J connectivity index is 2.16. The van der Waals surface area contributed by atoms with E-state index in [1.54, 1.807) is 0 Å². The van der Waals surface area contributed by atoms with E-state index in [1.807, 2.05) is 0 Å². The minimum Gasteiger partial charge on any atom is -0.361 e. The predicted molar refractivity (Wildman–Crippen MR) is 99.7 cm³/mol. The minimum atomic E-state index is 0.101. The van der Waals surface area contributed by atoms with E-state index in [0.717, 1.165) is 6.42 Å². The van der Waals surface area contributed by atoms with E-state index in [2.05, 4.69) is 80.9 Å². The Morgan fingerprint density at radius 2 is 2.13 bits per heavy atom. The molecular weight excluding hydrogens is 280 g/mol. The standard InChI is InChI=1S/C21H28N2/c1-6-21(4)12-11-15(14(2)3)19(20(21)22-5)17-13-23-18-10-8-7-9-16(17)18/h6-10,13,15,19-20,22-23H,1-2,11-12H2,3-5H3/t15-,19+,20-,21-/m1/s1. The van der Waals surface area contributed by atoms with Crippen LogP contribution >= 0.6 is 0 Å². The van der Waals surface area contributed by atoms with Crippen LogP contribution in [0, 0.1) is 11.3 Å². The number of para-hydroxylation sites is 1. The van der Waals surface area contributed by atoms with Crippen LogP contribution in [0.3, 0.4) is 0 Å². The quantitative estimate of drug-likeness (QED) is 0.763. The zero-order chi connectivity index (χ0) is 16.6. The Kier molecular flexibility index (Phi) is 4.20. The molecule has 2 aromatic rings. The van der Waals surface area contributed by atoms with Crippen LogP contribution in [-0.4, -0.2) is 18.1 Å². The highest BCUT2D eigenvalue weighted by molar-refractivity contribution is 5.84. The van der Waals surface area contributed by atoms with Gasteiger partial charge in [-0.2, -0.15) is 0 Å². The molecule has 1 saturated carbocycles. The second-order valence-corrected chi connectivity index (χ2v) is 7.28. The summed E-state index contributed by atoms with van der Waals surface area (Å²) in [4.78, 5) is 3.45. The third kappa shape index (κ3) is 2.55. The summed E-state index contributed by atoms with van der Waals surface area (Å²) in [6.45, 7) is 12.9. The fourth-order valence-corrected chi connectivity index (χ4v) is 4.50. The highest BCUT2D eigenvalue weighted by Gasteiger charge is 2.45. The molecule has 1 aliphatic rings. The third-order valence-electron chi connectivity index (χ3n) is 5.89. The average molecular weight is 308 g/mol. The lowest BCUT2D eigenvalue weighted by Gasteiger charge is -2.49. The maximum absolute atomic E-state index is 4.30. The molecule has 122 valence electrons. The highest BCUT2D eigenvalue weighted by atomic mass is 14.9. The first-order valence-corrected chi connectivity index (χ1v) is 8.54. The number of aromatic nitrogens is 1. The number of likely N-dealkylation sites (N-methyl/N-ethyl adjacent to an activating group) is 1. The van der Waals surface area contributed by atoms with E-state index in [0.29, 0.717) is 17.9 Å². The number of allylic oxidation sites excluding steroid dienone is 1. The molecule has 0 unspecified atom stereocenters. The molecule has 0 bridgehead atoms. The first kappa shape index (κ1) is 16.1. The van der Waals surface area contributed by atoms with Crippen molar-refractivity contribution in [2.24, 2.45) is 11.3 Å². The molecule has 1 aromatic carbocycles. The van der Waals surface area contributed by atoms with Crippen LogP contribution in [0.5, 0.6) is 0 Å². The monoisotopic (exact) mass is 308 g/mol. The molecule has 4 atom stereocenters. The fourth-order valence-electron chi connectivity index (χ4n) is 4.50. The molecule has 2 heteroatoms. The zero-order valence-corrected chi connectivity index (χ0v) is 14.5. The van der Waals surface area contributed by atoms with Crippen LogP contribution < -0.4 is 5.32 Å². The first-order valence-electron chi connectivity index (χ1n) is 8.54. The number of hydrogen-bond donors (Lipinski definition) is 2. The normalized spacial score (nSPS) is 31.2. The summed E-state index contributed by atoms with van der Waals surface area (Å²) in [5, 5.41) is 4.94. The van der Waals surface area contributed by atoms with Gasteiger partial charge in [0.1, 0.15) is 0 Å². The van der Waals surface area contributed by atoms with Gasteiger partial charge in [0.05, 0.1) is 0 Å². The molecule has 1 aliphatic carbocycles. The van der Waals surface area contributed by atoms with Crippen molar-refractivity contribution >= 4 is 10.9 Å². The van der Waals surface area contributed by atoms with Gasteiger partial charge in [-0.3, -0.25) is 0 Å². The topological polar surface area (TPSA) is 27.8 Å². The summed E-state index contributed by atoms with van der Waals surface area (Å²) in [7, 11) is 2.08. The molecule has 2 nitrogen and oxygen atoms in total. The van der Waals surface area contributed by atoms with Crippen LogP contribution in [0.15, 0.2) is 55.3 Å². The molecule has 3 rings (SSSR count). The number of aromatic amines is 1. The zero-order valence-electron chi connectivity index (χ0n) is 14.5. The van der Waals surface area contributed by atoms with Gasteiger partial charge in [0.25, 0.3) is 0 Å². The van der Waals surface area contributed by atoms with E-state index in [1.165, 1.54) is 28.5 Å². The maximum Gasteiger partial charge on any atom is 0.0456 e. The number of hydrogen-bond acceptors (Lipinski definition) is 1. The minimum absolute atomic E-state index is 0.101. The third-order valence-corrected chi connectivity index (χ3v) is 5.89. The number of rotatable bonds is 4. The van der Waals surface area contributed by atoms with Crippen LogP contribution in [0.4, 0.5) is 0 Å². The van der Waals surface area contributed by atoms with Gasteiger partial charge in [0, 0.05) is 34.5 Å². The average Bonchev–Trinajstić information content (AvgIpc) is 2.97. The molecule has 1 heterocycles. The molecule has 0 radical (unpaired) electrons. The highest BCUT2D eigenvalue weighted by Crippen LogP contribution is 2.50. The number of fused-ring (bicyclic) bond motifs is 1. The largest absolute Gasteiger partial charge is 0.361 e. The van der Waals surface area contributed by atoms with Gasteiger partial charge in [-0.1, -0.05) is 43.4 Å². The Morgan fingerprint density at radius 3 is 2.78 bits per heavy atom. The van der Waals surface area contributed by atoms with Crippen molar-refractivity contribution in [1.29, 1.82) is 0 Å². The fraction of sp³-hybridized carbons (Fsp3) is 0.429. The van der Waals surface area contributed by atoms with Crippen molar-refractivity contribution in [3.8, 4) is 0 Å². The summed E-state index contributed by atoms with van der Waals surface area (Å²) in [5.74, 6) is 0.907. The van der Waals surface area contributed by atoms with Gasteiger partial charge in [0.15, 0.2) is 0 Å². The summed E-state index contributed by atoms with van der Waals surface area (Å²) in [6.07, 6.45) is 6.66. The van der Waals surface area contributed by atoms with E-state index < -0.39 is 0 Å². The Labute approximate surface area is 139 Å². The number of H-pyrrole nitrogens is 1. The summed E-state index contributed by atoms with van der Waals surface area (Å²) in [5.41, 5.74) is 4.00. The second-order valence-electron chi connectivity index (χ2n) is 7.28. The van der Waals surface area contributed by atoms with E-state index in [9.17, 15) is 0 Å². The van der Waals surface area contributed by atoms with E-state index >= 15 is 0 Å². The second kappa shape index (κ2) is 6.01. The van der Waals surface area contributed by atoms with Crippen molar-refractivity contribution in [2.45, 2.75) is 38.6 Å². The van der Waals surface area contributed by atoms with E-state index in [4.69, 9.17) is 0 Å². The lowest BCUT2D eigenvalue weighted by molar-refractivity contribution is 0.147. The number of nitrogens with one attached hydrogen (secondary N) is 2. The molecule has 23 heavy (non-hydrogen) atoms. The Bertz CT molecular complexity index is 726. The van der Waals surface area contributed by atoms with Gasteiger partial charge in [-0.05, 0) is 44.4 Å². The van der Waals surface area contributed by atoms with Crippen LogP contribution in [0.2, 0.25) is 0 Å². The van der Waals surface area contributed by atoms with Crippen molar-refractivity contribution in [2.75, 3.05) is 7.05 Å². The molecular formula is C21H28N2. The predicted octanol–water partition coefficient (Wildman–Crippen LogP) is 5.02. The maximum atomic E-state index is 4.30. The lowest BCUT2D eigenvalue weighted by Crippen LogP contribution is -2.50. The van der Waals surface area contributed by atoms with Crippen LogP contribution in [0.1, 0.15) is 38.2 Å². The first-order chi connectivity index (χ1) is 11.0. The summed E-state index contributed by atoms with van der Waals surface area (Å²) in [6, 6.07) is 8.94. The van der Waals surface area contributed by atoms with Crippen LogP contribution in [-0.2, 0) is 0 Å². The van der Waals surface area contributed by atoms with Crippen molar-refractivity contribution < 1.29 is 0 Å². The van der Waals surface area contributed by atoms with E-state index in [-0.39, 0.29) is 5.41 Å². The van der Waals surface area contributed by atoms with Gasteiger partial charge in [0.2, 0.25) is 0 Å². The molecule has 0 amide bonds. The SMILES string of the molecule is C=C[C@]1(C)CC[C@H](C(=C)C)[C@@H](c2c[nH]c3ccccc23)[C@H]1NC. The van der Waals surface area contributed by atoms with Gasteiger partial charge < -0.3 is 10.3 Å². The lowest BCUT2D eigenvalue weighted by atomic mass is 9.59. The summed E-state index contributed by atoms with van der Waals surface area (Å²) < 4.78 is 0. The van der Waals surface area contributed by atoms with Crippen molar-refractivity contribution in [3.05, 3.63) is 60.8 Å².